The predicted molar refractivity (Wildman–Crippen MR) is 93.1 cm³/mol. The molecule has 2 saturated heterocycles. The van der Waals surface area contributed by atoms with Gasteiger partial charge in [-0.2, -0.15) is 0 Å². The number of hydrogen-bond donors (Lipinski definition) is 2. The second-order valence-electron chi connectivity index (χ2n) is 6.48. The van der Waals surface area contributed by atoms with Crippen LogP contribution in [0.2, 0.25) is 0 Å². The van der Waals surface area contributed by atoms with E-state index in [0.29, 0.717) is 16.7 Å². The Morgan fingerprint density at radius 1 is 1.22 bits per heavy atom. The van der Waals surface area contributed by atoms with Crippen LogP contribution in [-0.4, -0.2) is 42.9 Å². The Morgan fingerprint density at radius 3 is 2.57 bits per heavy atom. The lowest BCUT2D eigenvalue weighted by Gasteiger charge is -2.39. The van der Waals surface area contributed by atoms with Gasteiger partial charge in [0.1, 0.15) is 0 Å². The van der Waals surface area contributed by atoms with Crippen LogP contribution in [0.15, 0.2) is 24.3 Å². The SMILES string of the molecule is CC(=O)Nc1cccc(C(=O)N2CCC3(CCNC3)CC2)c1.Cl. The highest BCUT2D eigenvalue weighted by Crippen LogP contribution is 2.37. The van der Waals surface area contributed by atoms with Gasteiger partial charge in [-0.1, -0.05) is 6.07 Å². The maximum absolute atomic E-state index is 12.6. The van der Waals surface area contributed by atoms with Gasteiger partial charge < -0.3 is 15.5 Å². The van der Waals surface area contributed by atoms with Crippen molar-refractivity contribution in [2.24, 2.45) is 5.41 Å². The van der Waals surface area contributed by atoms with E-state index in [2.05, 4.69) is 10.6 Å². The maximum Gasteiger partial charge on any atom is 0.253 e. The molecule has 2 fully saturated rings. The number of nitrogens with one attached hydrogen (secondary N) is 2. The van der Waals surface area contributed by atoms with Crippen LogP contribution in [-0.2, 0) is 4.79 Å². The zero-order valence-electron chi connectivity index (χ0n) is 13.4. The molecule has 0 unspecified atom stereocenters. The minimum Gasteiger partial charge on any atom is -0.339 e. The van der Waals surface area contributed by atoms with E-state index < -0.39 is 0 Å². The van der Waals surface area contributed by atoms with Crippen LogP contribution in [0.25, 0.3) is 0 Å². The highest BCUT2D eigenvalue weighted by molar-refractivity contribution is 5.96. The fraction of sp³-hybridized carbons (Fsp3) is 0.529. The maximum atomic E-state index is 12.6. The molecule has 23 heavy (non-hydrogen) atoms. The Hall–Kier alpha value is -1.59. The molecule has 1 aromatic rings. The first-order valence-corrected chi connectivity index (χ1v) is 7.96. The normalized spacial score (nSPS) is 19.3. The van der Waals surface area contributed by atoms with Crippen molar-refractivity contribution in [1.29, 1.82) is 0 Å². The Kier molecular flexibility index (Phi) is 5.65. The topological polar surface area (TPSA) is 61.4 Å². The van der Waals surface area contributed by atoms with Crippen molar-refractivity contribution in [3.63, 3.8) is 0 Å². The van der Waals surface area contributed by atoms with Crippen molar-refractivity contribution in [2.75, 3.05) is 31.5 Å². The van der Waals surface area contributed by atoms with Crippen LogP contribution in [0, 0.1) is 5.41 Å². The summed E-state index contributed by atoms with van der Waals surface area (Å²) in [6.07, 6.45) is 3.39. The molecule has 2 N–H and O–H groups in total. The lowest BCUT2D eigenvalue weighted by Crippen LogP contribution is -2.44. The fourth-order valence-corrected chi connectivity index (χ4v) is 3.52. The van der Waals surface area contributed by atoms with Crippen LogP contribution in [0.1, 0.15) is 36.5 Å². The molecule has 0 aliphatic carbocycles. The van der Waals surface area contributed by atoms with Crippen LogP contribution in [0.4, 0.5) is 5.69 Å². The summed E-state index contributed by atoms with van der Waals surface area (Å²) in [7, 11) is 0. The Morgan fingerprint density at radius 2 is 1.96 bits per heavy atom. The number of hydrogen-bond acceptors (Lipinski definition) is 3. The highest BCUT2D eigenvalue weighted by atomic mass is 35.5. The van der Waals surface area contributed by atoms with E-state index in [1.807, 2.05) is 17.0 Å². The third kappa shape index (κ3) is 4.03. The van der Waals surface area contributed by atoms with Crippen molar-refractivity contribution < 1.29 is 9.59 Å². The van der Waals surface area contributed by atoms with E-state index in [1.54, 1.807) is 12.1 Å². The number of piperidine rings is 1. The van der Waals surface area contributed by atoms with Crippen molar-refractivity contribution in [1.82, 2.24) is 10.2 Å². The average molecular weight is 338 g/mol. The third-order valence-electron chi connectivity index (χ3n) is 4.87. The van der Waals surface area contributed by atoms with Gasteiger partial charge in [-0.3, -0.25) is 9.59 Å². The van der Waals surface area contributed by atoms with E-state index in [4.69, 9.17) is 0 Å². The van der Waals surface area contributed by atoms with Crippen molar-refractivity contribution in [2.45, 2.75) is 26.2 Å². The second-order valence-corrected chi connectivity index (χ2v) is 6.48. The molecule has 2 aliphatic rings. The molecule has 0 saturated carbocycles. The lowest BCUT2D eigenvalue weighted by molar-refractivity contribution is -0.114. The molecule has 6 heteroatoms. The fourth-order valence-electron chi connectivity index (χ4n) is 3.52. The minimum atomic E-state index is -0.127. The summed E-state index contributed by atoms with van der Waals surface area (Å²) >= 11 is 0. The molecule has 2 amide bonds. The summed E-state index contributed by atoms with van der Waals surface area (Å²) in [6, 6.07) is 7.18. The number of amides is 2. The number of halogens is 1. The predicted octanol–water partition coefficient (Wildman–Crippen LogP) is 2.28. The minimum absolute atomic E-state index is 0. The van der Waals surface area contributed by atoms with Gasteiger partial charge >= 0.3 is 0 Å². The zero-order chi connectivity index (χ0) is 15.6. The number of anilines is 1. The summed E-state index contributed by atoms with van der Waals surface area (Å²) in [5.74, 6) is -0.0637. The van der Waals surface area contributed by atoms with Gasteiger partial charge in [0.05, 0.1) is 0 Å². The summed E-state index contributed by atoms with van der Waals surface area (Å²) in [6.45, 7) is 5.31. The van der Waals surface area contributed by atoms with E-state index in [-0.39, 0.29) is 24.2 Å². The number of benzene rings is 1. The second kappa shape index (κ2) is 7.32. The van der Waals surface area contributed by atoms with Crippen molar-refractivity contribution >= 4 is 29.9 Å². The van der Waals surface area contributed by atoms with Gasteiger partial charge in [0.15, 0.2) is 0 Å². The summed E-state index contributed by atoms with van der Waals surface area (Å²) in [4.78, 5) is 25.7. The molecule has 2 aliphatic heterocycles. The molecule has 1 aromatic carbocycles. The smallest absolute Gasteiger partial charge is 0.253 e. The first-order valence-electron chi connectivity index (χ1n) is 7.96. The molecular weight excluding hydrogens is 314 g/mol. The summed E-state index contributed by atoms with van der Waals surface area (Å²) < 4.78 is 0. The molecule has 2 heterocycles. The first-order chi connectivity index (χ1) is 10.6. The van der Waals surface area contributed by atoms with Crippen LogP contribution < -0.4 is 10.6 Å². The van der Waals surface area contributed by atoms with Gasteiger partial charge in [0, 0.05) is 37.8 Å². The largest absolute Gasteiger partial charge is 0.339 e. The number of rotatable bonds is 2. The Labute approximate surface area is 143 Å². The Balaban J connectivity index is 0.00000192. The quantitative estimate of drug-likeness (QED) is 0.870. The van der Waals surface area contributed by atoms with E-state index in [1.165, 1.54) is 13.3 Å². The first kappa shape index (κ1) is 17.8. The summed E-state index contributed by atoms with van der Waals surface area (Å²) in [5, 5.41) is 6.17. The molecule has 3 rings (SSSR count). The Bertz CT molecular complexity index is 575. The molecule has 1 spiro atoms. The zero-order valence-corrected chi connectivity index (χ0v) is 14.2. The molecule has 0 atom stereocenters. The molecular formula is C17H24ClN3O2. The van der Waals surface area contributed by atoms with E-state index in [0.717, 1.165) is 39.0 Å². The third-order valence-corrected chi connectivity index (χ3v) is 4.87. The van der Waals surface area contributed by atoms with Gasteiger partial charge in [-0.25, -0.2) is 0 Å². The molecule has 0 bridgehead atoms. The molecule has 126 valence electrons. The molecule has 5 nitrogen and oxygen atoms in total. The number of nitrogens with zero attached hydrogens (tertiary/aromatic N) is 1. The number of likely N-dealkylation sites (tertiary alicyclic amines) is 1. The standard InChI is InChI=1S/C17H23N3O2.ClH/c1-13(21)19-15-4-2-3-14(11-15)16(22)20-9-6-17(7-10-20)5-8-18-12-17;/h2-4,11,18H,5-10,12H2,1H3,(H,19,21);1H. The monoisotopic (exact) mass is 337 g/mol. The van der Waals surface area contributed by atoms with Gasteiger partial charge in [0.25, 0.3) is 5.91 Å². The van der Waals surface area contributed by atoms with Crippen LogP contribution >= 0.6 is 12.4 Å². The number of carbonyl (C=O) groups is 2. The summed E-state index contributed by atoms with van der Waals surface area (Å²) in [5.41, 5.74) is 1.73. The molecule has 0 aromatic heterocycles. The van der Waals surface area contributed by atoms with Gasteiger partial charge in [-0.05, 0) is 49.4 Å². The van der Waals surface area contributed by atoms with Crippen molar-refractivity contribution in [3.05, 3.63) is 29.8 Å². The number of carbonyl (C=O) groups excluding carboxylic acids is 2. The molecule has 0 radical (unpaired) electrons. The lowest BCUT2D eigenvalue weighted by atomic mass is 9.78. The highest BCUT2D eigenvalue weighted by Gasteiger charge is 2.38. The van der Waals surface area contributed by atoms with Crippen molar-refractivity contribution in [3.8, 4) is 0 Å². The van der Waals surface area contributed by atoms with Crippen LogP contribution in [0.3, 0.4) is 0 Å². The van der Waals surface area contributed by atoms with Gasteiger partial charge in [0.2, 0.25) is 5.91 Å². The van der Waals surface area contributed by atoms with Gasteiger partial charge in [-0.15, -0.1) is 12.4 Å². The average Bonchev–Trinajstić information content (AvgIpc) is 2.95. The van der Waals surface area contributed by atoms with E-state index >= 15 is 0 Å². The van der Waals surface area contributed by atoms with E-state index in [9.17, 15) is 9.59 Å². The van der Waals surface area contributed by atoms with Crippen LogP contribution in [0.5, 0.6) is 0 Å².